The molecule has 0 aliphatic heterocycles. The summed E-state index contributed by atoms with van der Waals surface area (Å²) >= 11 is 0. The van der Waals surface area contributed by atoms with Crippen LogP contribution in [0.1, 0.15) is 5.56 Å². The van der Waals surface area contributed by atoms with E-state index in [-0.39, 0.29) is 30.2 Å². The van der Waals surface area contributed by atoms with Gasteiger partial charge in [-0.1, -0.05) is 12.1 Å². The predicted molar refractivity (Wildman–Crippen MR) is 60.4 cm³/mol. The van der Waals surface area contributed by atoms with Gasteiger partial charge in [-0.3, -0.25) is 0 Å². The third kappa shape index (κ3) is 3.78. The van der Waals surface area contributed by atoms with Gasteiger partial charge in [0, 0.05) is 6.42 Å². The van der Waals surface area contributed by atoms with E-state index in [0.717, 1.165) is 0 Å². The standard InChI is InChI=1S/C10H11FN2O2.ClH/c11-7-3-1-2-6(4-7)5-8(9(12)13)10(14)15;/h1-4H,5,12-13H2,(H,14,15);1H. The molecule has 0 heterocycles. The van der Waals surface area contributed by atoms with E-state index in [2.05, 4.69) is 0 Å². The molecule has 88 valence electrons. The average Bonchev–Trinajstić information content (AvgIpc) is 2.13. The lowest BCUT2D eigenvalue weighted by Gasteiger charge is -2.04. The van der Waals surface area contributed by atoms with Crippen LogP contribution in [0.25, 0.3) is 0 Å². The van der Waals surface area contributed by atoms with E-state index in [0.29, 0.717) is 5.56 Å². The van der Waals surface area contributed by atoms with E-state index in [1.54, 1.807) is 6.07 Å². The molecule has 16 heavy (non-hydrogen) atoms. The number of hydrogen-bond donors (Lipinski definition) is 3. The average molecular weight is 247 g/mol. The minimum Gasteiger partial charge on any atom is -0.478 e. The van der Waals surface area contributed by atoms with E-state index in [9.17, 15) is 9.18 Å². The molecule has 0 unspecified atom stereocenters. The zero-order valence-electron chi connectivity index (χ0n) is 8.31. The third-order valence-electron chi connectivity index (χ3n) is 1.88. The van der Waals surface area contributed by atoms with Crippen molar-refractivity contribution in [1.29, 1.82) is 0 Å². The second-order valence-corrected chi connectivity index (χ2v) is 3.05. The highest BCUT2D eigenvalue weighted by atomic mass is 35.5. The van der Waals surface area contributed by atoms with Gasteiger partial charge in [0.05, 0.1) is 5.57 Å². The zero-order chi connectivity index (χ0) is 11.4. The van der Waals surface area contributed by atoms with Crippen LogP contribution in [0.3, 0.4) is 0 Å². The topological polar surface area (TPSA) is 89.3 Å². The van der Waals surface area contributed by atoms with Gasteiger partial charge < -0.3 is 16.6 Å². The van der Waals surface area contributed by atoms with Crippen LogP contribution in [-0.4, -0.2) is 11.1 Å². The number of aliphatic carboxylic acids is 1. The Morgan fingerprint density at radius 1 is 1.38 bits per heavy atom. The minimum atomic E-state index is -1.20. The van der Waals surface area contributed by atoms with Crippen LogP contribution in [-0.2, 0) is 11.2 Å². The van der Waals surface area contributed by atoms with Gasteiger partial charge >= 0.3 is 5.97 Å². The molecule has 0 amide bonds. The van der Waals surface area contributed by atoms with E-state index < -0.39 is 11.8 Å². The summed E-state index contributed by atoms with van der Waals surface area (Å²) < 4.78 is 12.8. The van der Waals surface area contributed by atoms with Gasteiger partial charge in [-0.2, -0.15) is 0 Å². The van der Waals surface area contributed by atoms with Gasteiger partial charge in [0.1, 0.15) is 11.6 Å². The van der Waals surface area contributed by atoms with Crippen LogP contribution >= 0.6 is 12.4 Å². The Labute approximate surface area is 98.2 Å². The fraction of sp³-hybridized carbons (Fsp3) is 0.100. The smallest absolute Gasteiger partial charge is 0.335 e. The summed E-state index contributed by atoms with van der Waals surface area (Å²) in [6.07, 6.45) is 0.00935. The minimum absolute atomic E-state index is 0. The van der Waals surface area contributed by atoms with Gasteiger partial charge in [-0.15, -0.1) is 12.4 Å². The Kier molecular flexibility index (Phi) is 5.32. The highest BCUT2D eigenvalue weighted by Gasteiger charge is 2.11. The van der Waals surface area contributed by atoms with Crippen molar-refractivity contribution in [3.8, 4) is 0 Å². The summed E-state index contributed by atoms with van der Waals surface area (Å²) in [6.45, 7) is 0. The van der Waals surface area contributed by atoms with Crippen molar-refractivity contribution in [2.45, 2.75) is 6.42 Å². The molecule has 0 aliphatic rings. The van der Waals surface area contributed by atoms with Gasteiger partial charge in [-0.05, 0) is 17.7 Å². The monoisotopic (exact) mass is 246 g/mol. The molecule has 0 atom stereocenters. The maximum Gasteiger partial charge on any atom is 0.335 e. The molecule has 1 rings (SSSR count). The lowest BCUT2D eigenvalue weighted by atomic mass is 10.1. The number of carboxylic acids is 1. The maximum atomic E-state index is 12.8. The first-order chi connectivity index (χ1) is 7.00. The molecule has 1 aromatic carbocycles. The third-order valence-corrected chi connectivity index (χ3v) is 1.88. The quantitative estimate of drug-likeness (QED) is 0.694. The van der Waals surface area contributed by atoms with E-state index in [1.807, 2.05) is 0 Å². The van der Waals surface area contributed by atoms with Crippen molar-refractivity contribution >= 4 is 18.4 Å². The summed E-state index contributed by atoms with van der Waals surface area (Å²) in [6, 6.07) is 5.62. The molecule has 0 saturated carbocycles. The number of nitrogens with two attached hydrogens (primary N) is 2. The Morgan fingerprint density at radius 2 is 2.00 bits per heavy atom. The Morgan fingerprint density at radius 3 is 2.44 bits per heavy atom. The SMILES string of the molecule is Cl.NC(N)=C(Cc1cccc(F)c1)C(=O)O. The molecule has 0 aromatic heterocycles. The molecule has 6 heteroatoms. The first-order valence-electron chi connectivity index (χ1n) is 4.22. The van der Waals surface area contributed by atoms with Gasteiger partial charge in [-0.25, -0.2) is 9.18 Å². The summed E-state index contributed by atoms with van der Waals surface area (Å²) in [4.78, 5) is 10.7. The highest BCUT2D eigenvalue weighted by Crippen LogP contribution is 2.10. The van der Waals surface area contributed by atoms with Crippen LogP contribution in [0, 0.1) is 5.82 Å². The molecule has 4 nitrogen and oxygen atoms in total. The number of carbonyl (C=O) groups is 1. The number of hydrogen-bond acceptors (Lipinski definition) is 3. The largest absolute Gasteiger partial charge is 0.478 e. The van der Waals surface area contributed by atoms with E-state index in [1.165, 1.54) is 18.2 Å². The van der Waals surface area contributed by atoms with Crippen molar-refractivity contribution < 1.29 is 14.3 Å². The molecule has 0 saturated heterocycles. The summed E-state index contributed by atoms with van der Waals surface area (Å²) in [5, 5.41) is 8.76. The van der Waals surface area contributed by atoms with E-state index >= 15 is 0 Å². The van der Waals surface area contributed by atoms with Crippen LogP contribution < -0.4 is 11.5 Å². The van der Waals surface area contributed by atoms with Crippen LogP contribution in [0.2, 0.25) is 0 Å². The lowest BCUT2D eigenvalue weighted by molar-refractivity contribution is -0.132. The molecule has 0 bridgehead atoms. The molecule has 0 fully saturated rings. The fourth-order valence-corrected chi connectivity index (χ4v) is 1.15. The lowest BCUT2D eigenvalue weighted by Crippen LogP contribution is -2.18. The van der Waals surface area contributed by atoms with Gasteiger partial charge in [0.2, 0.25) is 0 Å². The first-order valence-corrected chi connectivity index (χ1v) is 4.22. The molecular weight excluding hydrogens is 235 g/mol. The number of halogens is 2. The number of rotatable bonds is 3. The molecule has 0 spiro atoms. The van der Waals surface area contributed by atoms with Crippen LogP contribution in [0.5, 0.6) is 0 Å². The Balaban J connectivity index is 0.00000225. The first kappa shape index (κ1) is 14.2. The van der Waals surface area contributed by atoms with Gasteiger partial charge in [0.25, 0.3) is 0 Å². The molecular formula is C10H12ClFN2O2. The number of carboxylic acid groups (broad SMARTS) is 1. The zero-order valence-corrected chi connectivity index (χ0v) is 9.13. The predicted octanol–water partition coefficient (Wildman–Crippen LogP) is 1.00. The van der Waals surface area contributed by atoms with Crippen molar-refractivity contribution in [2.24, 2.45) is 11.5 Å². The number of benzene rings is 1. The van der Waals surface area contributed by atoms with Crippen molar-refractivity contribution in [3.63, 3.8) is 0 Å². The molecule has 5 N–H and O–H groups in total. The molecule has 0 radical (unpaired) electrons. The van der Waals surface area contributed by atoms with Crippen molar-refractivity contribution in [1.82, 2.24) is 0 Å². The molecule has 0 aliphatic carbocycles. The second kappa shape index (κ2) is 5.97. The van der Waals surface area contributed by atoms with Crippen molar-refractivity contribution in [3.05, 3.63) is 47.0 Å². The maximum absolute atomic E-state index is 12.8. The van der Waals surface area contributed by atoms with Crippen LogP contribution in [0.4, 0.5) is 4.39 Å². The normalized spacial score (nSPS) is 9.06. The summed E-state index contributed by atoms with van der Waals surface area (Å²) in [7, 11) is 0. The molecule has 1 aromatic rings. The van der Waals surface area contributed by atoms with Gasteiger partial charge in [0.15, 0.2) is 0 Å². The summed E-state index contributed by atoms with van der Waals surface area (Å²) in [5.74, 6) is -1.88. The highest BCUT2D eigenvalue weighted by molar-refractivity contribution is 5.87. The Bertz CT molecular complexity index is 417. The summed E-state index contributed by atoms with van der Waals surface area (Å²) in [5.41, 5.74) is 10.8. The van der Waals surface area contributed by atoms with Crippen molar-refractivity contribution in [2.75, 3.05) is 0 Å². The fourth-order valence-electron chi connectivity index (χ4n) is 1.15. The Hall–Kier alpha value is -1.75. The second-order valence-electron chi connectivity index (χ2n) is 3.05. The van der Waals surface area contributed by atoms with E-state index in [4.69, 9.17) is 16.6 Å². The van der Waals surface area contributed by atoms with Crippen LogP contribution in [0.15, 0.2) is 35.7 Å².